The second-order valence-electron chi connectivity index (χ2n) is 9.66. The van der Waals surface area contributed by atoms with Crippen molar-refractivity contribution >= 4 is 50.8 Å². The van der Waals surface area contributed by atoms with E-state index in [1.54, 1.807) is 19.1 Å². The van der Waals surface area contributed by atoms with E-state index in [1.165, 1.54) is 30.3 Å². The maximum atomic E-state index is 14.5. The molecule has 0 spiro atoms. The van der Waals surface area contributed by atoms with Gasteiger partial charge in [-0.15, -0.1) is 0 Å². The Labute approximate surface area is 249 Å². The molecule has 3 aromatic rings. The second kappa shape index (κ2) is 12.6. The Morgan fingerprint density at radius 1 is 1.14 bits per heavy atom. The van der Waals surface area contributed by atoms with Gasteiger partial charge < -0.3 is 15.2 Å². The minimum absolute atomic E-state index is 0.0187. The first-order valence-electron chi connectivity index (χ1n) is 12.8. The summed E-state index contributed by atoms with van der Waals surface area (Å²) in [7, 11) is -4.59. The van der Waals surface area contributed by atoms with Crippen LogP contribution >= 0.6 is 11.6 Å². The molecule has 0 radical (unpaired) electrons. The lowest BCUT2D eigenvalue weighted by Gasteiger charge is -2.36. The highest BCUT2D eigenvalue weighted by Crippen LogP contribution is 2.40. The van der Waals surface area contributed by atoms with Gasteiger partial charge in [0.15, 0.2) is 0 Å². The summed E-state index contributed by atoms with van der Waals surface area (Å²) in [6.07, 6.45) is -4.34. The molecule has 1 aliphatic heterocycles. The first-order chi connectivity index (χ1) is 20.2. The number of fused-ring (bicyclic) bond motifs is 1. The van der Waals surface area contributed by atoms with Gasteiger partial charge in [-0.1, -0.05) is 35.9 Å². The SMILES string of the molecule is CC(=Cc1ccc2c(c1)N(S(=O)(=O)c1cccc(C(F)(F)F)c1)CC(CCC(=O)NCC(=O)O)O2)c1c(F)cccc1Cl. The third-order valence-corrected chi connectivity index (χ3v) is 8.63. The molecular formula is C29H25ClF4N2O6S. The normalized spacial score (nSPS) is 15.4. The molecule has 0 aliphatic carbocycles. The number of hydrogen-bond donors (Lipinski definition) is 2. The van der Waals surface area contributed by atoms with Crippen molar-refractivity contribution in [3.8, 4) is 5.75 Å². The molecule has 8 nitrogen and oxygen atoms in total. The van der Waals surface area contributed by atoms with Gasteiger partial charge >= 0.3 is 12.1 Å². The lowest BCUT2D eigenvalue weighted by Crippen LogP contribution is -2.44. The van der Waals surface area contributed by atoms with E-state index in [0.717, 1.165) is 22.5 Å². The topological polar surface area (TPSA) is 113 Å². The van der Waals surface area contributed by atoms with E-state index in [1.807, 2.05) is 0 Å². The number of benzene rings is 3. The van der Waals surface area contributed by atoms with Gasteiger partial charge in [0.25, 0.3) is 10.0 Å². The van der Waals surface area contributed by atoms with Crippen LogP contribution in [-0.4, -0.2) is 44.6 Å². The highest BCUT2D eigenvalue weighted by Gasteiger charge is 2.37. The minimum atomic E-state index is -4.79. The summed E-state index contributed by atoms with van der Waals surface area (Å²) >= 11 is 6.18. The third kappa shape index (κ3) is 7.46. The van der Waals surface area contributed by atoms with Crippen LogP contribution in [0.2, 0.25) is 5.02 Å². The fraction of sp³-hybridized carbons (Fsp3) is 0.241. The van der Waals surface area contributed by atoms with Crippen molar-refractivity contribution in [3.05, 3.63) is 88.2 Å². The summed E-state index contributed by atoms with van der Waals surface area (Å²) in [5.74, 6) is -2.33. The van der Waals surface area contributed by atoms with Gasteiger partial charge in [-0.2, -0.15) is 13.2 Å². The minimum Gasteiger partial charge on any atom is -0.486 e. The number of nitrogens with one attached hydrogen (secondary N) is 1. The molecule has 0 fully saturated rings. The van der Waals surface area contributed by atoms with Crippen molar-refractivity contribution in [1.82, 2.24) is 5.32 Å². The molecule has 0 bridgehead atoms. The van der Waals surface area contributed by atoms with E-state index < -0.39 is 57.0 Å². The molecule has 1 amide bonds. The Balaban J connectivity index is 1.73. The number of hydrogen-bond acceptors (Lipinski definition) is 5. The number of ether oxygens (including phenoxy) is 1. The second-order valence-corrected chi connectivity index (χ2v) is 11.9. The van der Waals surface area contributed by atoms with Crippen LogP contribution in [0.4, 0.5) is 23.2 Å². The molecule has 3 aromatic carbocycles. The zero-order valence-corrected chi connectivity index (χ0v) is 24.1. The Hall–Kier alpha value is -4.10. The zero-order chi connectivity index (χ0) is 31.5. The molecule has 0 saturated heterocycles. The largest absolute Gasteiger partial charge is 0.486 e. The van der Waals surface area contributed by atoms with Gasteiger partial charge in [-0.3, -0.25) is 13.9 Å². The van der Waals surface area contributed by atoms with Gasteiger partial charge in [-0.05, 0) is 66.9 Å². The van der Waals surface area contributed by atoms with E-state index in [2.05, 4.69) is 5.32 Å². The number of sulfonamides is 1. The van der Waals surface area contributed by atoms with E-state index in [4.69, 9.17) is 21.4 Å². The highest BCUT2D eigenvalue weighted by atomic mass is 35.5. The number of nitrogens with zero attached hydrogens (tertiary/aromatic N) is 1. The number of carboxylic acids is 1. The summed E-state index contributed by atoms with van der Waals surface area (Å²) in [6.45, 7) is 0.656. The van der Waals surface area contributed by atoms with Crippen molar-refractivity contribution < 1.29 is 45.4 Å². The fourth-order valence-corrected chi connectivity index (χ4v) is 6.37. The Morgan fingerprint density at radius 2 is 1.86 bits per heavy atom. The number of carboxylic acid groups (broad SMARTS) is 1. The van der Waals surface area contributed by atoms with Crippen LogP contribution in [0.25, 0.3) is 11.6 Å². The summed E-state index contributed by atoms with van der Waals surface area (Å²) < 4.78 is 89.2. The number of amides is 1. The molecule has 1 heterocycles. The fourth-order valence-electron chi connectivity index (χ4n) is 4.51. The van der Waals surface area contributed by atoms with E-state index in [0.29, 0.717) is 17.2 Å². The summed E-state index contributed by atoms with van der Waals surface area (Å²) in [5, 5.41) is 11.1. The molecule has 4 rings (SSSR count). The lowest BCUT2D eigenvalue weighted by molar-refractivity contribution is -0.138. The van der Waals surface area contributed by atoms with E-state index in [9.17, 15) is 35.6 Å². The average molecular weight is 641 g/mol. The average Bonchev–Trinajstić information content (AvgIpc) is 2.94. The van der Waals surface area contributed by atoms with Crippen LogP contribution in [0, 0.1) is 5.82 Å². The lowest BCUT2D eigenvalue weighted by atomic mass is 10.0. The third-order valence-electron chi connectivity index (χ3n) is 6.53. The van der Waals surface area contributed by atoms with Crippen LogP contribution in [0.3, 0.4) is 0 Å². The molecule has 2 N–H and O–H groups in total. The molecule has 1 unspecified atom stereocenters. The smallest absolute Gasteiger partial charge is 0.416 e. The quantitative estimate of drug-likeness (QED) is 0.219. The van der Waals surface area contributed by atoms with Crippen LogP contribution in [-0.2, 0) is 25.8 Å². The zero-order valence-electron chi connectivity index (χ0n) is 22.5. The molecule has 228 valence electrons. The molecule has 1 aliphatic rings. The highest BCUT2D eigenvalue weighted by molar-refractivity contribution is 7.92. The van der Waals surface area contributed by atoms with Crippen molar-refractivity contribution in [2.75, 3.05) is 17.4 Å². The first-order valence-corrected chi connectivity index (χ1v) is 14.6. The first kappa shape index (κ1) is 31.8. The molecule has 1 atom stereocenters. The Morgan fingerprint density at radius 3 is 2.53 bits per heavy atom. The number of halogens is 5. The van der Waals surface area contributed by atoms with Crippen molar-refractivity contribution in [2.24, 2.45) is 0 Å². The predicted molar refractivity (Wildman–Crippen MR) is 152 cm³/mol. The number of allylic oxidation sites excluding steroid dienone is 1. The van der Waals surface area contributed by atoms with E-state index in [-0.39, 0.29) is 41.4 Å². The number of carbonyl (C=O) groups excluding carboxylic acids is 1. The predicted octanol–water partition coefficient (Wildman–Crippen LogP) is 6.00. The van der Waals surface area contributed by atoms with E-state index >= 15 is 0 Å². The maximum Gasteiger partial charge on any atom is 0.416 e. The standard InChI is InChI=1S/C29H25ClF4N2O6S/c1-17(28-22(30)6-3-7-23(28)31)12-18-8-10-25-24(13-18)36(16-20(42-25)9-11-26(37)35-15-27(38)39)43(40,41)21-5-2-4-19(14-21)29(32,33)34/h2-8,10,12-14,20H,9,11,15-16H2,1H3,(H,35,37)(H,38,39). The van der Waals surface area contributed by atoms with Crippen molar-refractivity contribution in [3.63, 3.8) is 0 Å². The van der Waals surface area contributed by atoms with Gasteiger partial charge in [-0.25, -0.2) is 12.8 Å². The summed E-state index contributed by atoms with van der Waals surface area (Å²) in [4.78, 5) is 22.2. The van der Waals surface area contributed by atoms with Gasteiger partial charge in [0.2, 0.25) is 5.91 Å². The van der Waals surface area contributed by atoms with Gasteiger partial charge in [0, 0.05) is 12.0 Å². The monoisotopic (exact) mass is 640 g/mol. The summed E-state index contributed by atoms with van der Waals surface area (Å²) in [6, 6.07) is 12.0. The number of aliphatic carboxylic acids is 1. The molecular weight excluding hydrogens is 616 g/mol. The molecule has 0 aromatic heterocycles. The number of anilines is 1. The number of alkyl halides is 3. The molecule has 0 saturated carbocycles. The van der Waals surface area contributed by atoms with Gasteiger partial charge in [0.1, 0.15) is 24.2 Å². The Bertz CT molecular complexity index is 1670. The van der Waals surface area contributed by atoms with Gasteiger partial charge in [0.05, 0.1) is 27.7 Å². The maximum absolute atomic E-state index is 14.5. The van der Waals surface area contributed by atoms with Crippen LogP contribution in [0.5, 0.6) is 5.75 Å². The van der Waals surface area contributed by atoms with Crippen LogP contribution < -0.4 is 14.4 Å². The molecule has 43 heavy (non-hydrogen) atoms. The number of carbonyl (C=O) groups is 2. The Kier molecular flexibility index (Phi) is 9.35. The van der Waals surface area contributed by atoms with Crippen LogP contribution in [0.1, 0.15) is 36.5 Å². The van der Waals surface area contributed by atoms with Crippen molar-refractivity contribution in [1.29, 1.82) is 0 Å². The van der Waals surface area contributed by atoms with Crippen LogP contribution in [0.15, 0.2) is 65.6 Å². The summed E-state index contributed by atoms with van der Waals surface area (Å²) in [5.41, 5.74) is -0.131. The van der Waals surface area contributed by atoms with Crippen molar-refractivity contribution in [2.45, 2.75) is 36.9 Å². The molecule has 14 heteroatoms. The number of rotatable bonds is 9.